The maximum absolute atomic E-state index is 5.66. The highest BCUT2D eigenvalue weighted by Crippen LogP contribution is 2.25. The summed E-state index contributed by atoms with van der Waals surface area (Å²) in [4.78, 5) is 7.79. The van der Waals surface area contributed by atoms with Crippen molar-refractivity contribution in [1.82, 2.24) is 14.8 Å². The van der Waals surface area contributed by atoms with Gasteiger partial charge in [-0.15, -0.1) is 11.3 Å². The predicted molar refractivity (Wildman–Crippen MR) is 70.1 cm³/mol. The molecule has 0 saturated carbocycles. The highest BCUT2D eigenvalue weighted by Gasteiger charge is 2.11. The van der Waals surface area contributed by atoms with Crippen LogP contribution < -0.4 is 10.6 Å². The Morgan fingerprint density at radius 1 is 1.53 bits per heavy atom. The third-order valence-corrected chi connectivity index (χ3v) is 3.87. The molecule has 5 nitrogen and oxygen atoms in total. The molecular formula is C11H17N5S. The van der Waals surface area contributed by atoms with Crippen LogP contribution in [-0.4, -0.2) is 21.8 Å². The molecule has 0 fully saturated rings. The molecule has 0 aliphatic carbocycles. The topological polar surface area (TPSA) is 60.0 Å². The van der Waals surface area contributed by atoms with Crippen LogP contribution in [0.15, 0.2) is 12.4 Å². The van der Waals surface area contributed by atoms with E-state index in [1.165, 1.54) is 5.56 Å². The van der Waals surface area contributed by atoms with E-state index < -0.39 is 0 Å². The number of nitrogens with two attached hydrogens (primary N) is 1. The minimum atomic E-state index is 0.560. The Labute approximate surface area is 105 Å². The number of aryl methyl sites for hydroxylation is 2. The van der Waals surface area contributed by atoms with Crippen molar-refractivity contribution in [2.75, 3.05) is 11.9 Å². The van der Waals surface area contributed by atoms with Gasteiger partial charge in [0.1, 0.15) is 0 Å². The summed E-state index contributed by atoms with van der Waals surface area (Å²) in [5, 5.41) is 5.16. The molecular weight excluding hydrogens is 234 g/mol. The summed E-state index contributed by atoms with van der Waals surface area (Å²) in [5.74, 6) is 0. The van der Waals surface area contributed by atoms with Crippen LogP contribution in [0, 0.1) is 6.92 Å². The zero-order valence-electron chi connectivity index (χ0n) is 10.3. The first-order valence-corrected chi connectivity index (χ1v) is 6.27. The number of anilines is 1. The van der Waals surface area contributed by atoms with Gasteiger partial charge >= 0.3 is 0 Å². The number of nitrogens with zero attached hydrogens (tertiary/aromatic N) is 4. The molecule has 0 aliphatic heterocycles. The van der Waals surface area contributed by atoms with E-state index in [4.69, 9.17) is 5.73 Å². The van der Waals surface area contributed by atoms with Gasteiger partial charge in [0.15, 0.2) is 5.13 Å². The first-order chi connectivity index (χ1) is 8.10. The van der Waals surface area contributed by atoms with Gasteiger partial charge in [0, 0.05) is 43.8 Å². The quantitative estimate of drug-likeness (QED) is 0.889. The molecule has 2 heterocycles. The molecule has 0 radical (unpaired) electrons. The lowest BCUT2D eigenvalue weighted by atomic mass is 10.3. The molecule has 0 saturated heterocycles. The first kappa shape index (κ1) is 12.1. The fraction of sp³-hybridized carbons (Fsp3) is 0.455. The van der Waals surface area contributed by atoms with Gasteiger partial charge < -0.3 is 10.6 Å². The van der Waals surface area contributed by atoms with Gasteiger partial charge in [-0.25, -0.2) is 4.98 Å². The fourth-order valence-corrected chi connectivity index (χ4v) is 2.56. The van der Waals surface area contributed by atoms with Crippen LogP contribution in [0.25, 0.3) is 0 Å². The molecule has 0 spiro atoms. The van der Waals surface area contributed by atoms with E-state index in [9.17, 15) is 0 Å². The van der Waals surface area contributed by atoms with Gasteiger partial charge in [0.2, 0.25) is 0 Å². The second-order valence-corrected chi connectivity index (χ2v) is 5.15. The molecule has 0 atom stereocenters. The van der Waals surface area contributed by atoms with Gasteiger partial charge in [-0.1, -0.05) is 0 Å². The van der Waals surface area contributed by atoms with E-state index >= 15 is 0 Å². The van der Waals surface area contributed by atoms with E-state index in [0.717, 1.165) is 22.2 Å². The van der Waals surface area contributed by atoms with Crippen molar-refractivity contribution in [1.29, 1.82) is 0 Å². The van der Waals surface area contributed by atoms with Gasteiger partial charge in [0.05, 0.1) is 11.9 Å². The van der Waals surface area contributed by atoms with Crippen molar-refractivity contribution in [3.8, 4) is 0 Å². The van der Waals surface area contributed by atoms with Crippen molar-refractivity contribution < 1.29 is 0 Å². The Morgan fingerprint density at radius 3 is 2.82 bits per heavy atom. The van der Waals surface area contributed by atoms with Crippen molar-refractivity contribution in [2.45, 2.75) is 20.0 Å². The molecule has 2 aromatic rings. The molecule has 2 rings (SSSR count). The lowest BCUT2D eigenvalue weighted by molar-refractivity contribution is 0.766. The predicted octanol–water partition coefficient (Wildman–Crippen LogP) is 1.28. The van der Waals surface area contributed by atoms with Gasteiger partial charge in [0.25, 0.3) is 0 Å². The van der Waals surface area contributed by atoms with Crippen LogP contribution in [0.1, 0.15) is 16.1 Å². The average molecular weight is 251 g/mol. The number of thiazole rings is 1. The smallest absolute Gasteiger partial charge is 0.185 e. The third kappa shape index (κ3) is 2.65. The minimum Gasteiger partial charge on any atom is -0.347 e. The molecule has 0 aliphatic rings. The van der Waals surface area contributed by atoms with Crippen molar-refractivity contribution in [2.24, 2.45) is 12.8 Å². The standard InChI is InChI=1S/C11H17N5S/c1-8-10(4-12)17-11(14-8)15(2)6-9-5-13-16(3)7-9/h5,7H,4,6,12H2,1-3H3. The Balaban J connectivity index is 2.11. The molecule has 2 N–H and O–H groups in total. The highest BCUT2D eigenvalue weighted by molar-refractivity contribution is 7.15. The molecule has 92 valence electrons. The molecule has 0 amide bonds. The van der Waals surface area contributed by atoms with Crippen LogP contribution in [0.3, 0.4) is 0 Å². The highest BCUT2D eigenvalue weighted by atomic mass is 32.1. The van der Waals surface area contributed by atoms with E-state index in [-0.39, 0.29) is 0 Å². The Hall–Kier alpha value is -1.40. The molecule has 0 unspecified atom stereocenters. The van der Waals surface area contributed by atoms with Gasteiger partial charge in [-0.05, 0) is 6.92 Å². The number of aromatic nitrogens is 3. The minimum absolute atomic E-state index is 0.560. The second kappa shape index (κ2) is 4.85. The van der Waals surface area contributed by atoms with E-state index in [2.05, 4.69) is 15.0 Å². The van der Waals surface area contributed by atoms with Crippen molar-refractivity contribution in [3.05, 3.63) is 28.5 Å². The molecule has 2 aromatic heterocycles. The summed E-state index contributed by atoms with van der Waals surface area (Å²) in [5.41, 5.74) is 7.87. The monoisotopic (exact) mass is 251 g/mol. The maximum Gasteiger partial charge on any atom is 0.185 e. The van der Waals surface area contributed by atoms with Crippen molar-refractivity contribution in [3.63, 3.8) is 0 Å². The lowest BCUT2D eigenvalue weighted by Gasteiger charge is -2.13. The molecule has 0 bridgehead atoms. The number of hydrogen-bond acceptors (Lipinski definition) is 5. The first-order valence-electron chi connectivity index (χ1n) is 5.45. The van der Waals surface area contributed by atoms with E-state index in [1.807, 2.05) is 38.1 Å². The maximum atomic E-state index is 5.66. The molecule has 17 heavy (non-hydrogen) atoms. The SMILES string of the molecule is Cc1nc(N(C)Cc2cnn(C)c2)sc1CN. The molecule has 6 heteroatoms. The van der Waals surface area contributed by atoms with Crippen LogP contribution in [0.5, 0.6) is 0 Å². The normalized spacial score (nSPS) is 10.8. The average Bonchev–Trinajstić information content (AvgIpc) is 2.85. The van der Waals surface area contributed by atoms with E-state index in [1.54, 1.807) is 11.3 Å². The summed E-state index contributed by atoms with van der Waals surface area (Å²) in [6.07, 6.45) is 3.89. The van der Waals surface area contributed by atoms with Crippen LogP contribution in [0.2, 0.25) is 0 Å². The Bertz CT molecular complexity index is 502. The fourth-order valence-electron chi connectivity index (χ4n) is 1.66. The molecule has 0 aromatic carbocycles. The number of hydrogen-bond donors (Lipinski definition) is 1. The van der Waals surface area contributed by atoms with Crippen LogP contribution in [-0.2, 0) is 20.1 Å². The van der Waals surface area contributed by atoms with Crippen LogP contribution >= 0.6 is 11.3 Å². The third-order valence-electron chi connectivity index (χ3n) is 2.57. The van der Waals surface area contributed by atoms with Crippen LogP contribution in [0.4, 0.5) is 5.13 Å². The van der Waals surface area contributed by atoms with E-state index in [0.29, 0.717) is 6.54 Å². The number of rotatable bonds is 4. The van der Waals surface area contributed by atoms with Gasteiger partial charge in [-0.2, -0.15) is 5.10 Å². The Kier molecular flexibility index (Phi) is 3.44. The summed E-state index contributed by atoms with van der Waals surface area (Å²) in [7, 11) is 3.95. The summed E-state index contributed by atoms with van der Waals surface area (Å²) >= 11 is 1.66. The summed E-state index contributed by atoms with van der Waals surface area (Å²) in [6.45, 7) is 3.37. The summed E-state index contributed by atoms with van der Waals surface area (Å²) < 4.78 is 1.81. The second-order valence-electron chi connectivity index (χ2n) is 4.09. The summed E-state index contributed by atoms with van der Waals surface area (Å²) in [6, 6.07) is 0. The van der Waals surface area contributed by atoms with Gasteiger partial charge in [-0.3, -0.25) is 4.68 Å². The Morgan fingerprint density at radius 2 is 2.29 bits per heavy atom. The lowest BCUT2D eigenvalue weighted by Crippen LogP contribution is -2.15. The zero-order valence-corrected chi connectivity index (χ0v) is 11.2. The van der Waals surface area contributed by atoms with Crippen molar-refractivity contribution >= 4 is 16.5 Å². The zero-order chi connectivity index (χ0) is 12.4. The largest absolute Gasteiger partial charge is 0.347 e.